The fourth-order valence-electron chi connectivity index (χ4n) is 2.37. The lowest BCUT2D eigenvalue weighted by atomic mass is 9.93. The molecule has 0 heterocycles. The lowest BCUT2D eigenvalue weighted by molar-refractivity contribution is 0.357. The maximum atomic E-state index is 12.5. The summed E-state index contributed by atoms with van der Waals surface area (Å²) >= 11 is 12.0. The SMILES string of the molecule is CC(C)C1(CNS(=O)(=O)c2cc(CN)c(Cl)cc2Cl)CC1. The first-order valence-electron chi connectivity index (χ1n) is 6.89. The lowest BCUT2D eigenvalue weighted by Gasteiger charge is -2.20. The van der Waals surface area contributed by atoms with Crippen molar-refractivity contribution in [3.63, 3.8) is 0 Å². The highest BCUT2D eigenvalue weighted by Gasteiger charge is 2.45. The number of rotatable bonds is 6. The van der Waals surface area contributed by atoms with Crippen molar-refractivity contribution in [2.45, 2.75) is 38.1 Å². The van der Waals surface area contributed by atoms with E-state index >= 15 is 0 Å². The molecule has 7 heteroatoms. The zero-order valence-corrected chi connectivity index (χ0v) is 14.4. The monoisotopic (exact) mass is 350 g/mol. The molecule has 0 radical (unpaired) electrons. The van der Waals surface area contributed by atoms with Gasteiger partial charge in [-0.15, -0.1) is 0 Å². The van der Waals surface area contributed by atoms with E-state index < -0.39 is 10.0 Å². The third-order valence-electron chi connectivity index (χ3n) is 4.34. The lowest BCUT2D eigenvalue weighted by Crippen LogP contribution is -2.32. The van der Waals surface area contributed by atoms with E-state index in [1.54, 1.807) is 0 Å². The molecule has 3 N–H and O–H groups in total. The van der Waals surface area contributed by atoms with E-state index in [-0.39, 0.29) is 21.9 Å². The third kappa shape index (κ3) is 3.54. The van der Waals surface area contributed by atoms with Gasteiger partial charge in [-0.3, -0.25) is 0 Å². The minimum Gasteiger partial charge on any atom is -0.326 e. The molecule has 1 fully saturated rings. The highest BCUT2D eigenvalue weighted by atomic mass is 35.5. The first-order chi connectivity index (χ1) is 9.72. The van der Waals surface area contributed by atoms with Crippen LogP contribution in [0.15, 0.2) is 17.0 Å². The van der Waals surface area contributed by atoms with Gasteiger partial charge in [0.2, 0.25) is 10.0 Å². The van der Waals surface area contributed by atoms with Gasteiger partial charge in [-0.2, -0.15) is 0 Å². The number of hydrogen-bond donors (Lipinski definition) is 2. The third-order valence-corrected chi connectivity index (χ3v) is 6.56. The van der Waals surface area contributed by atoms with E-state index in [9.17, 15) is 8.42 Å². The van der Waals surface area contributed by atoms with Crippen LogP contribution in [0.25, 0.3) is 0 Å². The fraction of sp³-hybridized carbons (Fsp3) is 0.571. The van der Waals surface area contributed by atoms with E-state index in [4.69, 9.17) is 28.9 Å². The van der Waals surface area contributed by atoms with Gasteiger partial charge in [0.15, 0.2) is 0 Å². The minimum atomic E-state index is -3.66. The molecule has 0 amide bonds. The van der Waals surface area contributed by atoms with Crippen molar-refractivity contribution >= 4 is 33.2 Å². The Morgan fingerprint density at radius 1 is 1.29 bits per heavy atom. The number of nitrogens with one attached hydrogen (secondary N) is 1. The molecule has 1 saturated carbocycles. The van der Waals surface area contributed by atoms with Crippen molar-refractivity contribution in [1.29, 1.82) is 0 Å². The van der Waals surface area contributed by atoms with E-state index in [1.807, 2.05) is 0 Å². The van der Waals surface area contributed by atoms with Crippen LogP contribution in [0, 0.1) is 11.3 Å². The summed E-state index contributed by atoms with van der Waals surface area (Å²) < 4.78 is 27.6. The van der Waals surface area contributed by atoms with Gasteiger partial charge in [0.05, 0.1) is 5.02 Å². The van der Waals surface area contributed by atoms with Gasteiger partial charge in [0, 0.05) is 18.1 Å². The quantitative estimate of drug-likeness (QED) is 0.827. The average molecular weight is 351 g/mol. The first-order valence-corrected chi connectivity index (χ1v) is 9.13. The summed E-state index contributed by atoms with van der Waals surface area (Å²) in [5.74, 6) is 0.445. The summed E-state index contributed by atoms with van der Waals surface area (Å²) in [5, 5.41) is 0.487. The Kier molecular flexibility index (Phi) is 4.90. The molecule has 0 aromatic heterocycles. The molecule has 1 aliphatic rings. The van der Waals surface area contributed by atoms with Crippen LogP contribution in [0.5, 0.6) is 0 Å². The second-order valence-electron chi connectivity index (χ2n) is 5.92. The molecule has 1 aromatic rings. The number of nitrogens with two attached hydrogens (primary N) is 1. The normalized spacial score (nSPS) is 17.2. The van der Waals surface area contributed by atoms with Crippen LogP contribution < -0.4 is 10.5 Å². The van der Waals surface area contributed by atoms with Gasteiger partial charge in [-0.05, 0) is 41.9 Å². The zero-order valence-electron chi connectivity index (χ0n) is 12.1. The topological polar surface area (TPSA) is 72.2 Å². The highest BCUT2D eigenvalue weighted by Crippen LogP contribution is 2.51. The fourth-order valence-corrected chi connectivity index (χ4v) is 4.38. The Balaban J connectivity index is 2.24. The molecule has 0 aliphatic heterocycles. The summed E-state index contributed by atoms with van der Waals surface area (Å²) in [6, 6.07) is 2.87. The van der Waals surface area contributed by atoms with Crippen molar-refractivity contribution in [3.05, 3.63) is 27.7 Å². The Bertz CT molecular complexity index is 641. The molecule has 21 heavy (non-hydrogen) atoms. The molecule has 0 bridgehead atoms. The zero-order chi connectivity index (χ0) is 15.8. The van der Waals surface area contributed by atoms with Crippen LogP contribution in [-0.2, 0) is 16.6 Å². The van der Waals surface area contributed by atoms with Gasteiger partial charge in [0.25, 0.3) is 0 Å². The van der Waals surface area contributed by atoms with Crippen LogP contribution in [-0.4, -0.2) is 15.0 Å². The highest BCUT2D eigenvalue weighted by molar-refractivity contribution is 7.89. The molecule has 0 saturated heterocycles. The smallest absolute Gasteiger partial charge is 0.242 e. The Morgan fingerprint density at radius 2 is 1.90 bits per heavy atom. The second kappa shape index (κ2) is 6.05. The number of benzene rings is 1. The molecule has 2 rings (SSSR count). The molecule has 1 aliphatic carbocycles. The molecular formula is C14H20Cl2N2O2S. The minimum absolute atomic E-state index is 0.0357. The predicted molar refractivity (Wildman–Crippen MR) is 86.0 cm³/mol. The van der Waals surface area contributed by atoms with E-state index in [0.29, 0.717) is 23.0 Å². The van der Waals surface area contributed by atoms with Crippen LogP contribution in [0.4, 0.5) is 0 Å². The first kappa shape index (κ1) is 17.0. The van der Waals surface area contributed by atoms with Gasteiger partial charge in [-0.1, -0.05) is 37.0 Å². The molecule has 118 valence electrons. The molecule has 1 aromatic carbocycles. The van der Waals surface area contributed by atoms with E-state index in [2.05, 4.69) is 18.6 Å². The van der Waals surface area contributed by atoms with Crippen molar-refractivity contribution in [2.75, 3.05) is 6.54 Å². The predicted octanol–water partition coefficient (Wildman–Crippen LogP) is 3.17. The summed E-state index contributed by atoms with van der Waals surface area (Å²) in [4.78, 5) is 0.0357. The largest absolute Gasteiger partial charge is 0.326 e. The number of sulfonamides is 1. The van der Waals surface area contributed by atoms with Crippen LogP contribution >= 0.6 is 23.2 Å². The number of halogens is 2. The number of hydrogen-bond acceptors (Lipinski definition) is 3. The molecule has 0 atom stereocenters. The molecule has 0 unspecified atom stereocenters. The van der Waals surface area contributed by atoms with Crippen LogP contribution in [0.3, 0.4) is 0 Å². The summed E-state index contributed by atoms with van der Waals surface area (Å²) in [6.07, 6.45) is 2.10. The van der Waals surface area contributed by atoms with Gasteiger partial charge >= 0.3 is 0 Å². The summed E-state index contributed by atoms with van der Waals surface area (Å²) in [5.41, 5.74) is 6.21. The Hall–Kier alpha value is -0.330. The molecule has 0 spiro atoms. The van der Waals surface area contributed by atoms with E-state index in [0.717, 1.165) is 12.8 Å². The van der Waals surface area contributed by atoms with Crippen LogP contribution in [0.1, 0.15) is 32.3 Å². The van der Waals surface area contributed by atoms with Crippen molar-refractivity contribution in [3.8, 4) is 0 Å². The van der Waals surface area contributed by atoms with Crippen molar-refractivity contribution in [1.82, 2.24) is 4.72 Å². The maximum Gasteiger partial charge on any atom is 0.242 e. The summed E-state index contributed by atoms with van der Waals surface area (Å²) in [6.45, 7) is 4.82. The standard InChI is InChI=1S/C14H20Cl2N2O2S/c1-9(2)14(3-4-14)8-18-21(19,20)13-5-10(7-17)11(15)6-12(13)16/h5-6,9,18H,3-4,7-8,17H2,1-2H3. The Labute approximate surface area is 136 Å². The van der Waals surface area contributed by atoms with Crippen molar-refractivity contribution in [2.24, 2.45) is 17.1 Å². The van der Waals surface area contributed by atoms with E-state index in [1.165, 1.54) is 12.1 Å². The average Bonchev–Trinajstić information content (AvgIpc) is 3.17. The summed E-state index contributed by atoms with van der Waals surface area (Å²) in [7, 11) is -3.66. The van der Waals surface area contributed by atoms with Gasteiger partial charge in [-0.25, -0.2) is 13.1 Å². The molecular weight excluding hydrogens is 331 g/mol. The van der Waals surface area contributed by atoms with Crippen molar-refractivity contribution < 1.29 is 8.42 Å². The van der Waals surface area contributed by atoms with Gasteiger partial charge < -0.3 is 5.73 Å². The second-order valence-corrected chi connectivity index (χ2v) is 8.47. The molecule has 4 nitrogen and oxygen atoms in total. The Morgan fingerprint density at radius 3 is 2.38 bits per heavy atom. The maximum absolute atomic E-state index is 12.5. The van der Waals surface area contributed by atoms with Crippen LogP contribution in [0.2, 0.25) is 10.0 Å². The van der Waals surface area contributed by atoms with Gasteiger partial charge in [0.1, 0.15) is 4.90 Å².